The Labute approximate surface area is 113 Å². The van der Waals surface area contributed by atoms with Gasteiger partial charge >= 0.3 is 0 Å². The summed E-state index contributed by atoms with van der Waals surface area (Å²) in [7, 11) is 0. The Balaban J connectivity index is 1.97. The van der Waals surface area contributed by atoms with Crippen molar-refractivity contribution in [3.05, 3.63) is 11.0 Å². The number of nitrogen functional groups attached to an aromatic ring is 1. The van der Waals surface area contributed by atoms with Crippen LogP contribution in [0.25, 0.3) is 0 Å². The summed E-state index contributed by atoms with van der Waals surface area (Å²) in [6.45, 7) is 7.23. The lowest BCUT2D eigenvalue weighted by molar-refractivity contribution is 0.269. The summed E-state index contributed by atoms with van der Waals surface area (Å²) >= 11 is 5.84. The maximum absolute atomic E-state index is 5.93. The summed E-state index contributed by atoms with van der Waals surface area (Å²) in [5.74, 6) is 0.638. The lowest BCUT2D eigenvalue weighted by atomic mass is 10.3. The minimum Gasteiger partial charge on any atom is -0.394 e. The van der Waals surface area contributed by atoms with Crippen molar-refractivity contribution in [3.8, 4) is 0 Å². The van der Waals surface area contributed by atoms with Crippen molar-refractivity contribution in [2.75, 3.05) is 30.7 Å². The summed E-state index contributed by atoms with van der Waals surface area (Å²) in [6, 6.07) is 0.473. The van der Waals surface area contributed by atoms with Gasteiger partial charge in [0.1, 0.15) is 0 Å². The van der Waals surface area contributed by atoms with Gasteiger partial charge in [-0.05, 0) is 51.4 Å². The largest absolute Gasteiger partial charge is 0.394 e. The Kier molecular flexibility index (Phi) is 4.24. The summed E-state index contributed by atoms with van der Waals surface area (Å²) < 4.78 is 0. The fourth-order valence-electron chi connectivity index (χ4n) is 2.24. The molecule has 3 N–H and O–H groups in total. The summed E-state index contributed by atoms with van der Waals surface area (Å²) in [4.78, 5) is 10.6. The average Bonchev–Trinajstić information content (AvgIpc) is 2.85. The first-order valence-electron chi connectivity index (χ1n) is 6.35. The van der Waals surface area contributed by atoms with E-state index in [9.17, 15) is 0 Å². The normalized spacial score (nSPS) is 17.9. The number of aryl methyl sites for hydroxylation is 1. The third-order valence-electron chi connectivity index (χ3n) is 3.44. The quantitative estimate of drug-likeness (QED) is 0.818. The van der Waals surface area contributed by atoms with Crippen LogP contribution in [0.4, 0.5) is 11.5 Å². The van der Waals surface area contributed by atoms with Crippen LogP contribution in [0.2, 0.25) is 5.28 Å². The third kappa shape index (κ3) is 3.03. The molecule has 0 saturated carbocycles. The van der Waals surface area contributed by atoms with Gasteiger partial charge in [0.05, 0.1) is 11.4 Å². The molecule has 1 fully saturated rings. The molecule has 18 heavy (non-hydrogen) atoms. The first-order chi connectivity index (χ1) is 8.58. The van der Waals surface area contributed by atoms with E-state index in [-0.39, 0.29) is 5.28 Å². The molecule has 1 saturated heterocycles. The number of likely N-dealkylation sites (tertiary alicyclic amines) is 1. The summed E-state index contributed by atoms with van der Waals surface area (Å²) in [5, 5.41) is 3.50. The zero-order valence-corrected chi connectivity index (χ0v) is 11.7. The van der Waals surface area contributed by atoms with Crippen LogP contribution in [0.5, 0.6) is 0 Å². The lowest BCUT2D eigenvalue weighted by Gasteiger charge is -2.24. The second kappa shape index (κ2) is 5.71. The smallest absolute Gasteiger partial charge is 0.224 e. The van der Waals surface area contributed by atoms with Crippen molar-refractivity contribution in [2.24, 2.45) is 0 Å². The summed E-state index contributed by atoms with van der Waals surface area (Å²) in [5.41, 5.74) is 7.22. The van der Waals surface area contributed by atoms with Crippen molar-refractivity contribution in [2.45, 2.75) is 32.7 Å². The van der Waals surface area contributed by atoms with E-state index in [0.717, 1.165) is 6.54 Å². The molecule has 5 nitrogen and oxygen atoms in total. The number of aromatic nitrogens is 2. The Morgan fingerprint density at radius 2 is 2.06 bits per heavy atom. The molecular formula is C12H20ClN5. The highest BCUT2D eigenvalue weighted by Crippen LogP contribution is 2.21. The van der Waals surface area contributed by atoms with Gasteiger partial charge in [-0.1, -0.05) is 0 Å². The van der Waals surface area contributed by atoms with Gasteiger partial charge in [0, 0.05) is 12.6 Å². The number of nitrogens with two attached hydrogens (primary N) is 1. The van der Waals surface area contributed by atoms with Gasteiger partial charge < -0.3 is 11.1 Å². The number of nitrogens with one attached hydrogen (secondary N) is 1. The Hall–Kier alpha value is -1.07. The highest BCUT2D eigenvalue weighted by atomic mass is 35.5. The highest BCUT2D eigenvalue weighted by molar-refractivity contribution is 6.28. The number of hydrogen-bond donors (Lipinski definition) is 2. The van der Waals surface area contributed by atoms with E-state index in [1.807, 2.05) is 6.92 Å². The molecule has 1 aliphatic rings. The van der Waals surface area contributed by atoms with Gasteiger partial charge in [0.15, 0.2) is 5.82 Å². The predicted octanol–water partition coefficient (Wildman–Crippen LogP) is 1.92. The highest BCUT2D eigenvalue weighted by Gasteiger charge is 2.18. The van der Waals surface area contributed by atoms with Crippen molar-refractivity contribution in [1.29, 1.82) is 0 Å². The Morgan fingerprint density at radius 1 is 1.39 bits per heavy atom. The SMILES string of the molecule is Cc1nc(Cl)nc(NCC(C)N2CCCC2)c1N. The Bertz CT molecular complexity index is 417. The molecular weight excluding hydrogens is 250 g/mol. The van der Waals surface area contributed by atoms with Gasteiger partial charge in [-0.3, -0.25) is 4.90 Å². The van der Waals surface area contributed by atoms with Crippen molar-refractivity contribution >= 4 is 23.1 Å². The van der Waals surface area contributed by atoms with Crippen molar-refractivity contribution < 1.29 is 0 Å². The molecule has 2 heterocycles. The molecule has 1 aromatic heterocycles. The molecule has 0 spiro atoms. The maximum Gasteiger partial charge on any atom is 0.224 e. The van der Waals surface area contributed by atoms with Crippen molar-refractivity contribution in [1.82, 2.24) is 14.9 Å². The molecule has 0 aliphatic carbocycles. The first kappa shape index (κ1) is 13.4. The predicted molar refractivity (Wildman–Crippen MR) is 75.0 cm³/mol. The number of hydrogen-bond acceptors (Lipinski definition) is 5. The fourth-order valence-corrected chi connectivity index (χ4v) is 2.45. The molecule has 2 rings (SSSR count). The van der Waals surface area contributed by atoms with E-state index in [0.29, 0.717) is 23.2 Å². The first-order valence-corrected chi connectivity index (χ1v) is 6.73. The zero-order valence-electron chi connectivity index (χ0n) is 10.9. The van der Waals surface area contributed by atoms with Gasteiger partial charge in [0.25, 0.3) is 0 Å². The number of anilines is 2. The molecule has 6 heteroatoms. The molecule has 0 amide bonds. The minimum absolute atomic E-state index is 0.234. The van der Waals surface area contributed by atoms with Crippen LogP contribution in [-0.2, 0) is 0 Å². The van der Waals surface area contributed by atoms with Crippen LogP contribution < -0.4 is 11.1 Å². The van der Waals surface area contributed by atoms with Crippen LogP contribution in [0.1, 0.15) is 25.5 Å². The second-order valence-electron chi connectivity index (χ2n) is 4.81. The molecule has 1 unspecified atom stereocenters. The number of nitrogens with zero attached hydrogens (tertiary/aromatic N) is 3. The van der Waals surface area contributed by atoms with Crippen LogP contribution in [0, 0.1) is 6.92 Å². The molecule has 100 valence electrons. The van der Waals surface area contributed by atoms with Crippen LogP contribution >= 0.6 is 11.6 Å². The third-order valence-corrected chi connectivity index (χ3v) is 3.61. The lowest BCUT2D eigenvalue weighted by Crippen LogP contribution is -2.35. The van der Waals surface area contributed by atoms with Crippen LogP contribution in [-0.4, -0.2) is 40.5 Å². The van der Waals surface area contributed by atoms with E-state index in [2.05, 4.69) is 27.1 Å². The molecule has 1 atom stereocenters. The van der Waals surface area contributed by atoms with E-state index in [1.165, 1.54) is 25.9 Å². The molecule has 1 aliphatic heterocycles. The van der Waals surface area contributed by atoms with E-state index >= 15 is 0 Å². The fraction of sp³-hybridized carbons (Fsp3) is 0.667. The summed E-state index contributed by atoms with van der Waals surface area (Å²) in [6.07, 6.45) is 2.59. The van der Waals surface area contributed by atoms with E-state index in [4.69, 9.17) is 17.3 Å². The van der Waals surface area contributed by atoms with E-state index in [1.54, 1.807) is 0 Å². The zero-order chi connectivity index (χ0) is 13.1. The molecule has 1 aromatic rings. The second-order valence-corrected chi connectivity index (χ2v) is 5.15. The van der Waals surface area contributed by atoms with Gasteiger partial charge in [-0.2, -0.15) is 4.98 Å². The van der Waals surface area contributed by atoms with Gasteiger partial charge in [0.2, 0.25) is 5.28 Å². The van der Waals surface area contributed by atoms with E-state index < -0.39 is 0 Å². The number of halogens is 1. The van der Waals surface area contributed by atoms with Crippen LogP contribution in [0.15, 0.2) is 0 Å². The van der Waals surface area contributed by atoms with Gasteiger partial charge in [-0.25, -0.2) is 4.98 Å². The average molecular weight is 270 g/mol. The molecule has 0 aromatic carbocycles. The molecule has 0 radical (unpaired) electrons. The van der Waals surface area contributed by atoms with Crippen LogP contribution in [0.3, 0.4) is 0 Å². The minimum atomic E-state index is 0.234. The number of rotatable bonds is 4. The standard InChI is InChI=1S/C12H20ClN5/c1-8(18-5-3-4-6-18)7-15-11-10(14)9(2)16-12(13)17-11/h8H,3-7,14H2,1-2H3,(H,15,16,17). The van der Waals surface area contributed by atoms with Gasteiger partial charge in [-0.15, -0.1) is 0 Å². The Morgan fingerprint density at radius 3 is 2.72 bits per heavy atom. The molecule has 0 bridgehead atoms. The topological polar surface area (TPSA) is 67.1 Å². The maximum atomic E-state index is 5.93. The van der Waals surface area contributed by atoms with Crippen molar-refractivity contribution in [3.63, 3.8) is 0 Å². The monoisotopic (exact) mass is 269 g/mol.